The molecule has 0 bridgehead atoms. The second-order valence-corrected chi connectivity index (χ2v) is 5.79. The van der Waals surface area contributed by atoms with Crippen LogP contribution < -0.4 is 0 Å². The van der Waals surface area contributed by atoms with Crippen LogP contribution in [0.4, 0.5) is 0 Å². The lowest BCUT2D eigenvalue weighted by Crippen LogP contribution is -2.07. The molecule has 2 aromatic rings. The van der Waals surface area contributed by atoms with Crippen LogP contribution in [0.25, 0.3) is 10.9 Å². The van der Waals surface area contributed by atoms with Gasteiger partial charge in [0, 0.05) is 11.8 Å². The van der Waals surface area contributed by atoms with E-state index in [-0.39, 0.29) is 12.3 Å². The number of hydrogen-bond acceptors (Lipinski definition) is 2. The van der Waals surface area contributed by atoms with Crippen molar-refractivity contribution in [3.63, 3.8) is 0 Å². The number of hydrogen-bond donors (Lipinski definition) is 0. The van der Waals surface area contributed by atoms with E-state index in [1.165, 1.54) is 16.7 Å². The number of ketones is 1. The first-order valence-corrected chi connectivity index (χ1v) is 7.82. The Morgan fingerprint density at radius 2 is 1.96 bits per heavy atom. The number of Topliss-reactive ketones (excluding diaryl/α,β-unsaturated/α-hetero) is 1. The largest absolute Gasteiger partial charge is 0.308 e. The number of benzene rings is 1. The molecule has 1 aliphatic carbocycles. The molecule has 114 valence electrons. The lowest BCUT2D eigenvalue weighted by molar-refractivity contribution is 0.101. The highest BCUT2D eigenvalue weighted by molar-refractivity contribution is 6.00. The van der Waals surface area contributed by atoms with Crippen LogP contribution >= 0.6 is 0 Å². The summed E-state index contributed by atoms with van der Waals surface area (Å²) in [7, 11) is 0. The lowest BCUT2D eigenvalue weighted by Gasteiger charge is -2.06. The second kappa shape index (κ2) is 6.58. The van der Waals surface area contributed by atoms with Gasteiger partial charge < -0.3 is 4.85 Å². The van der Waals surface area contributed by atoms with E-state index in [1.54, 1.807) is 12.3 Å². The first-order valence-electron chi connectivity index (χ1n) is 7.82. The van der Waals surface area contributed by atoms with Gasteiger partial charge in [0.2, 0.25) is 5.78 Å². The standard InChI is InChI=1S/C20H18N2O/c1-3-14-4-6-15(7-5-14)10-16-11-18-17(20(23)13-21-2)8-9-22-19(18)12-16/h4-9,12H,3,10-11,13H2,1H3. The van der Waals surface area contributed by atoms with Crippen LogP contribution in [0.1, 0.15) is 39.7 Å². The maximum Gasteiger partial charge on any atom is 0.276 e. The first-order chi connectivity index (χ1) is 11.2. The Balaban J connectivity index is 1.79. The van der Waals surface area contributed by atoms with E-state index in [0.29, 0.717) is 5.56 Å². The van der Waals surface area contributed by atoms with Gasteiger partial charge in [0.15, 0.2) is 0 Å². The summed E-state index contributed by atoms with van der Waals surface area (Å²) < 4.78 is 0. The van der Waals surface area contributed by atoms with Gasteiger partial charge in [0.25, 0.3) is 6.54 Å². The number of rotatable bonds is 5. The molecule has 1 heterocycles. The van der Waals surface area contributed by atoms with Crippen LogP contribution in [0.5, 0.6) is 0 Å². The van der Waals surface area contributed by atoms with Crippen LogP contribution in [-0.4, -0.2) is 17.3 Å². The number of carbonyl (C=O) groups excluding carboxylic acids is 1. The van der Waals surface area contributed by atoms with Crippen molar-refractivity contribution in [1.82, 2.24) is 4.98 Å². The molecule has 0 atom stereocenters. The molecule has 3 rings (SSSR count). The van der Waals surface area contributed by atoms with Gasteiger partial charge in [-0.2, -0.15) is 0 Å². The molecule has 0 unspecified atom stereocenters. The molecular formula is C20H18N2O. The quantitative estimate of drug-likeness (QED) is 0.619. The molecule has 1 aromatic heterocycles. The van der Waals surface area contributed by atoms with Crippen molar-refractivity contribution >= 4 is 11.9 Å². The summed E-state index contributed by atoms with van der Waals surface area (Å²) >= 11 is 0. The monoisotopic (exact) mass is 302 g/mol. The minimum Gasteiger partial charge on any atom is -0.308 e. The molecule has 23 heavy (non-hydrogen) atoms. The van der Waals surface area contributed by atoms with Crippen molar-refractivity contribution in [3.05, 3.63) is 81.5 Å². The lowest BCUT2D eigenvalue weighted by atomic mass is 9.98. The third-order valence-electron chi connectivity index (χ3n) is 4.22. The Bertz CT molecular complexity index is 811. The van der Waals surface area contributed by atoms with Crippen LogP contribution in [0.3, 0.4) is 0 Å². The number of allylic oxidation sites excluding steroid dienone is 1. The van der Waals surface area contributed by atoms with Gasteiger partial charge in [-0.25, -0.2) is 6.57 Å². The number of carbonyl (C=O) groups is 1. The molecule has 3 heteroatoms. The van der Waals surface area contributed by atoms with Gasteiger partial charge in [-0.15, -0.1) is 0 Å². The minimum absolute atomic E-state index is 0.0930. The smallest absolute Gasteiger partial charge is 0.276 e. The maximum absolute atomic E-state index is 12.1. The summed E-state index contributed by atoms with van der Waals surface area (Å²) in [6, 6.07) is 10.4. The van der Waals surface area contributed by atoms with E-state index < -0.39 is 0 Å². The Hall–Kier alpha value is -2.73. The van der Waals surface area contributed by atoms with Crippen LogP contribution in [-0.2, 0) is 19.3 Å². The molecular weight excluding hydrogens is 284 g/mol. The molecule has 0 saturated carbocycles. The summed E-state index contributed by atoms with van der Waals surface area (Å²) in [4.78, 5) is 19.7. The highest BCUT2D eigenvalue weighted by Gasteiger charge is 2.22. The molecule has 0 aliphatic heterocycles. The molecule has 0 fully saturated rings. The fourth-order valence-electron chi connectivity index (χ4n) is 2.98. The van der Waals surface area contributed by atoms with E-state index in [9.17, 15) is 4.79 Å². The summed E-state index contributed by atoms with van der Waals surface area (Å²) in [5.74, 6) is -0.111. The van der Waals surface area contributed by atoms with Gasteiger partial charge in [-0.1, -0.05) is 36.8 Å². The molecule has 0 N–H and O–H groups in total. The molecule has 3 nitrogen and oxygen atoms in total. The average molecular weight is 302 g/mol. The molecule has 1 aromatic carbocycles. The van der Waals surface area contributed by atoms with Gasteiger partial charge in [0.1, 0.15) is 0 Å². The van der Waals surface area contributed by atoms with E-state index in [0.717, 1.165) is 30.5 Å². The topological polar surface area (TPSA) is 34.3 Å². The zero-order valence-electron chi connectivity index (χ0n) is 13.2. The highest BCUT2D eigenvalue weighted by atomic mass is 16.1. The van der Waals surface area contributed by atoms with E-state index in [4.69, 9.17) is 6.57 Å². The Morgan fingerprint density at radius 3 is 2.65 bits per heavy atom. The average Bonchev–Trinajstić information content (AvgIpc) is 2.98. The summed E-state index contributed by atoms with van der Waals surface area (Å²) in [6.07, 6.45) is 6.41. The molecule has 0 amide bonds. The summed E-state index contributed by atoms with van der Waals surface area (Å²) in [6.45, 7) is 8.93. The SMILES string of the molecule is [C-]#[N+]CC(=O)c1ccnc2c1CC(Cc1ccc(CC)cc1)=C2. The number of aryl methyl sites for hydroxylation is 1. The molecule has 0 radical (unpaired) electrons. The molecule has 0 spiro atoms. The Kier molecular flexibility index (Phi) is 4.34. The number of pyridine rings is 1. The van der Waals surface area contributed by atoms with Crippen molar-refractivity contribution in [1.29, 1.82) is 0 Å². The predicted octanol–water partition coefficient (Wildman–Crippen LogP) is 3.93. The maximum atomic E-state index is 12.1. The number of nitrogens with zero attached hydrogens (tertiary/aromatic N) is 2. The van der Waals surface area contributed by atoms with Gasteiger partial charge in [-0.05, 0) is 48.1 Å². The zero-order valence-corrected chi connectivity index (χ0v) is 13.2. The van der Waals surface area contributed by atoms with Crippen LogP contribution in [0.15, 0.2) is 42.1 Å². The van der Waals surface area contributed by atoms with Crippen molar-refractivity contribution in [3.8, 4) is 0 Å². The van der Waals surface area contributed by atoms with Crippen LogP contribution in [0.2, 0.25) is 0 Å². The van der Waals surface area contributed by atoms with E-state index >= 15 is 0 Å². The fraction of sp³-hybridized carbons (Fsp3) is 0.250. The Morgan fingerprint density at radius 1 is 1.22 bits per heavy atom. The van der Waals surface area contributed by atoms with Gasteiger partial charge >= 0.3 is 0 Å². The summed E-state index contributed by atoms with van der Waals surface area (Å²) in [5.41, 5.74) is 6.38. The zero-order chi connectivity index (χ0) is 16.2. The van der Waals surface area contributed by atoms with E-state index in [2.05, 4.69) is 47.1 Å². The fourth-order valence-corrected chi connectivity index (χ4v) is 2.98. The van der Waals surface area contributed by atoms with Gasteiger partial charge in [0.05, 0.1) is 5.69 Å². The third-order valence-corrected chi connectivity index (χ3v) is 4.22. The van der Waals surface area contributed by atoms with Gasteiger partial charge in [-0.3, -0.25) is 9.78 Å². The van der Waals surface area contributed by atoms with Crippen molar-refractivity contribution < 1.29 is 4.79 Å². The van der Waals surface area contributed by atoms with Crippen LogP contribution in [0, 0.1) is 6.57 Å². The second-order valence-electron chi connectivity index (χ2n) is 5.79. The van der Waals surface area contributed by atoms with E-state index in [1.807, 2.05) is 0 Å². The molecule has 0 saturated heterocycles. The summed E-state index contributed by atoms with van der Waals surface area (Å²) in [5, 5.41) is 0. The Labute approximate surface area is 136 Å². The normalized spacial score (nSPS) is 12.4. The first kappa shape index (κ1) is 15.2. The van der Waals surface area contributed by atoms with Crippen molar-refractivity contribution in [2.45, 2.75) is 26.2 Å². The van der Waals surface area contributed by atoms with Crippen molar-refractivity contribution in [2.24, 2.45) is 0 Å². The van der Waals surface area contributed by atoms with Crippen molar-refractivity contribution in [2.75, 3.05) is 6.54 Å². The minimum atomic E-state index is -0.111. The number of aromatic nitrogens is 1. The molecule has 1 aliphatic rings. The predicted molar refractivity (Wildman–Crippen MR) is 91.2 cm³/mol. The third kappa shape index (κ3) is 3.22. The highest BCUT2D eigenvalue weighted by Crippen LogP contribution is 2.28. The number of fused-ring (bicyclic) bond motifs is 1.